The predicted molar refractivity (Wildman–Crippen MR) is 85.2 cm³/mol. The van der Waals surface area contributed by atoms with Gasteiger partial charge in [-0.1, -0.05) is 26.0 Å². The molecule has 122 valence electrons. The summed E-state index contributed by atoms with van der Waals surface area (Å²) in [4.78, 5) is 25.9. The maximum atomic E-state index is 11.3. The van der Waals surface area contributed by atoms with Crippen molar-refractivity contribution in [3.8, 4) is 0 Å². The maximum Gasteiger partial charge on any atom is 0.326 e. The highest BCUT2D eigenvalue weighted by molar-refractivity contribution is 5.76. The fourth-order valence-electron chi connectivity index (χ4n) is 1.95. The number of nitrogens with zero attached hydrogens (tertiary/aromatic N) is 2. The Labute approximate surface area is 128 Å². The van der Waals surface area contributed by atoms with Gasteiger partial charge in [0.25, 0.3) is 0 Å². The van der Waals surface area contributed by atoms with Crippen LogP contribution in [0, 0.1) is 5.92 Å². The summed E-state index contributed by atoms with van der Waals surface area (Å²) in [5.41, 5.74) is 0. The molecular weight excluding hydrogens is 268 g/mol. The van der Waals surface area contributed by atoms with Gasteiger partial charge in [-0.2, -0.15) is 0 Å². The molecule has 0 aromatic heterocycles. The van der Waals surface area contributed by atoms with Crippen molar-refractivity contribution in [2.75, 3.05) is 20.6 Å². The number of hydrogen-bond acceptors (Lipinski definition) is 3. The normalized spacial score (nSPS) is 14.6. The lowest BCUT2D eigenvalue weighted by Gasteiger charge is -2.25. The van der Waals surface area contributed by atoms with Crippen LogP contribution in [0.5, 0.6) is 0 Å². The zero-order valence-electron chi connectivity index (χ0n) is 14.0. The molecule has 0 fully saturated rings. The van der Waals surface area contributed by atoms with E-state index in [9.17, 15) is 14.7 Å². The number of carboxylic acids is 1. The summed E-state index contributed by atoms with van der Waals surface area (Å²) in [5.74, 6) is -0.689. The van der Waals surface area contributed by atoms with Crippen LogP contribution in [0.4, 0.5) is 0 Å². The summed E-state index contributed by atoms with van der Waals surface area (Å²) in [7, 11) is 4.08. The molecule has 1 N–H and O–H groups in total. The van der Waals surface area contributed by atoms with Crippen LogP contribution < -0.4 is 0 Å². The Hall–Kier alpha value is -1.36. The molecular formula is C16H30N2O3. The van der Waals surface area contributed by atoms with Crippen molar-refractivity contribution in [3.63, 3.8) is 0 Å². The van der Waals surface area contributed by atoms with Crippen LogP contribution in [0.3, 0.4) is 0 Å². The topological polar surface area (TPSA) is 60.9 Å². The molecule has 0 rings (SSSR count). The smallest absolute Gasteiger partial charge is 0.326 e. The van der Waals surface area contributed by atoms with Crippen LogP contribution in [0.2, 0.25) is 0 Å². The fourth-order valence-corrected chi connectivity index (χ4v) is 1.95. The highest BCUT2D eigenvalue weighted by Crippen LogP contribution is 2.11. The summed E-state index contributed by atoms with van der Waals surface area (Å²) in [6, 6.07) is -0.257. The van der Waals surface area contributed by atoms with Crippen molar-refractivity contribution in [2.45, 2.75) is 52.1 Å². The van der Waals surface area contributed by atoms with Crippen molar-refractivity contribution >= 4 is 12.4 Å². The quantitative estimate of drug-likeness (QED) is 0.469. The highest BCUT2D eigenvalue weighted by Gasteiger charge is 2.24. The van der Waals surface area contributed by atoms with Gasteiger partial charge in [0.15, 0.2) is 0 Å². The van der Waals surface area contributed by atoms with Gasteiger partial charge in [0.1, 0.15) is 6.04 Å². The van der Waals surface area contributed by atoms with Gasteiger partial charge in [0, 0.05) is 12.6 Å². The summed E-state index contributed by atoms with van der Waals surface area (Å²) < 4.78 is 0. The highest BCUT2D eigenvalue weighted by atomic mass is 16.4. The second kappa shape index (κ2) is 10.4. The molecule has 1 amide bonds. The van der Waals surface area contributed by atoms with E-state index in [0.717, 1.165) is 6.42 Å². The van der Waals surface area contributed by atoms with E-state index in [2.05, 4.69) is 17.9 Å². The molecule has 5 nitrogen and oxygen atoms in total. The average Bonchev–Trinajstić information content (AvgIpc) is 2.39. The molecule has 2 atom stereocenters. The zero-order chi connectivity index (χ0) is 16.4. The Morgan fingerprint density at radius 3 is 2.24 bits per heavy atom. The zero-order valence-corrected chi connectivity index (χ0v) is 14.0. The lowest BCUT2D eigenvalue weighted by atomic mass is 10.0. The number of aliphatic carboxylic acids is 1. The van der Waals surface area contributed by atoms with Crippen LogP contribution in [0.15, 0.2) is 12.2 Å². The van der Waals surface area contributed by atoms with Crippen molar-refractivity contribution in [2.24, 2.45) is 5.92 Å². The molecule has 0 aromatic carbocycles. The summed E-state index contributed by atoms with van der Waals surface area (Å²) in [6.45, 7) is 6.51. The molecule has 0 aliphatic rings. The minimum atomic E-state index is -0.930. The van der Waals surface area contributed by atoms with Gasteiger partial charge in [-0.25, -0.2) is 4.79 Å². The number of amides is 1. The molecule has 0 aromatic rings. The standard InChI is InChI=1S/C16H30N2O3/c1-13(2)11-15(16(20)21)18(12-19)10-8-6-7-9-14(3)17(4)5/h6-7,12-15H,8-11H2,1-5H3,(H,20,21)/b7-6-. The molecule has 2 unspecified atom stereocenters. The molecule has 5 heteroatoms. The summed E-state index contributed by atoms with van der Waals surface area (Å²) >= 11 is 0. The molecule has 0 saturated carbocycles. The number of carboxylic acid groups (broad SMARTS) is 1. The van der Waals surface area contributed by atoms with Crippen LogP contribution >= 0.6 is 0 Å². The molecule has 0 saturated heterocycles. The van der Waals surface area contributed by atoms with E-state index in [4.69, 9.17) is 0 Å². The van der Waals surface area contributed by atoms with Crippen LogP contribution in [-0.4, -0.2) is 60.0 Å². The number of rotatable bonds is 11. The minimum absolute atomic E-state index is 0.241. The minimum Gasteiger partial charge on any atom is -0.480 e. The van der Waals surface area contributed by atoms with Crippen molar-refractivity contribution in [1.82, 2.24) is 9.80 Å². The third-order valence-electron chi connectivity index (χ3n) is 3.59. The van der Waals surface area contributed by atoms with E-state index < -0.39 is 12.0 Å². The largest absolute Gasteiger partial charge is 0.480 e. The Morgan fingerprint density at radius 2 is 1.81 bits per heavy atom. The molecule has 0 spiro atoms. The number of carbonyl (C=O) groups is 2. The van der Waals surface area contributed by atoms with Gasteiger partial charge in [-0.05, 0) is 46.2 Å². The Bertz CT molecular complexity index is 340. The fraction of sp³-hybridized carbons (Fsp3) is 0.750. The van der Waals surface area contributed by atoms with Gasteiger partial charge in [0.05, 0.1) is 0 Å². The maximum absolute atomic E-state index is 11.3. The Kier molecular flexibility index (Phi) is 9.71. The van der Waals surface area contributed by atoms with Gasteiger partial charge < -0.3 is 14.9 Å². The average molecular weight is 298 g/mol. The lowest BCUT2D eigenvalue weighted by molar-refractivity contribution is -0.147. The number of hydrogen-bond donors (Lipinski definition) is 1. The first-order valence-electron chi connectivity index (χ1n) is 7.54. The van der Waals surface area contributed by atoms with E-state index >= 15 is 0 Å². The van der Waals surface area contributed by atoms with E-state index in [1.54, 1.807) is 0 Å². The second-order valence-corrected chi connectivity index (χ2v) is 6.14. The van der Waals surface area contributed by atoms with E-state index in [1.807, 2.05) is 34.0 Å². The molecule has 0 heterocycles. The molecule has 0 bridgehead atoms. The summed E-state index contributed by atoms with van der Waals surface area (Å²) in [6.07, 6.45) is 6.87. The first kappa shape index (κ1) is 19.6. The molecule has 0 radical (unpaired) electrons. The molecule has 0 aliphatic heterocycles. The van der Waals surface area contributed by atoms with Crippen LogP contribution in [0.1, 0.15) is 40.0 Å². The Morgan fingerprint density at radius 1 is 1.19 bits per heavy atom. The lowest BCUT2D eigenvalue weighted by Crippen LogP contribution is -2.41. The first-order valence-corrected chi connectivity index (χ1v) is 7.54. The monoisotopic (exact) mass is 298 g/mol. The van der Waals surface area contributed by atoms with E-state index in [-0.39, 0.29) is 5.92 Å². The predicted octanol–water partition coefficient (Wildman–Crippen LogP) is 2.23. The molecule has 21 heavy (non-hydrogen) atoms. The first-order chi connectivity index (χ1) is 9.79. The SMILES string of the molecule is CC(C)CC(C(=O)O)N(C=O)CC/C=C\CC(C)N(C)C. The van der Waals surface area contributed by atoms with E-state index in [0.29, 0.717) is 31.8 Å². The van der Waals surface area contributed by atoms with Gasteiger partial charge >= 0.3 is 5.97 Å². The van der Waals surface area contributed by atoms with E-state index in [1.165, 1.54) is 4.90 Å². The third-order valence-corrected chi connectivity index (χ3v) is 3.59. The van der Waals surface area contributed by atoms with Crippen molar-refractivity contribution in [3.05, 3.63) is 12.2 Å². The van der Waals surface area contributed by atoms with Gasteiger partial charge in [0.2, 0.25) is 6.41 Å². The summed E-state index contributed by atoms with van der Waals surface area (Å²) in [5, 5.41) is 9.24. The van der Waals surface area contributed by atoms with Crippen molar-refractivity contribution < 1.29 is 14.7 Å². The van der Waals surface area contributed by atoms with Gasteiger partial charge in [-0.3, -0.25) is 4.79 Å². The van der Waals surface area contributed by atoms with Crippen molar-refractivity contribution in [1.29, 1.82) is 0 Å². The molecule has 0 aliphatic carbocycles. The third kappa shape index (κ3) is 8.50. The van der Waals surface area contributed by atoms with Crippen LogP contribution in [-0.2, 0) is 9.59 Å². The van der Waals surface area contributed by atoms with Crippen LogP contribution in [0.25, 0.3) is 0 Å². The second-order valence-electron chi connectivity index (χ2n) is 6.14. The number of carbonyl (C=O) groups excluding carboxylic acids is 1. The Balaban J connectivity index is 4.33. The van der Waals surface area contributed by atoms with Gasteiger partial charge in [-0.15, -0.1) is 0 Å².